The van der Waals surface area contributed by atoms with Crippen molar-refractivity contribution in [2.45, 2.75) is 32.4 Å². The van der Waals surface area contributed by atoms with E-state index in [2.05, 4.69) is 15.5 Å². The van der Waals surface area contributed by atoms with Crippen molar-refractivity contribution in [2.75, 3.05) is 0 Å². The van der Waals surface area contributed by atoms with E-state index >= 15 is 0 Å². The maximum Gasteiger partial charge on any atom is 0.323 e. The molecule has 2 aromatic rings. The molecule has 0 saturated carbocycles. The van der Waals surface area contributed by atoms with Crippen LogP contribution >= 0.6 is 0 Å². The highest BCUT2D eigenvalue weighted by atomic mass is 16.5. The van der Waals surface area contributed by atoms with Gasteiger partial charge >= 0.3 is 5.97 Å². The average Bonchev–Trinajstić information content (AvgIpc) is 2.94. The first-order chi connectivity index (χ1) is 9.55. The van der Waals surface area contributed by atoms with Gasteiger partial charge in [0, 0.05) is 5.56 Å². The summed E-state index contributed by atoms with van der Waals surface area (Å²) < 4.78 is 5.16. The first kappa shape index (κ1) is 14.2. The topological polar surface area (TPSA) is 88.3 Å². The normalized spacial score (nSPS) is 13.9. The lowest BCUT2D eigenvalue weighted by atomic mass is 9.99. The smallest absolute Gasteiger partial charge is 0.323 e. The second-order valence-corrected chi connectivity index (χ2v) is 4.73. The van der Waals surface area contributed by atoms with Crippen molar-refractivity contribution in [3.63, 3.8) is 0 Å². The maximum atomic E-state index is 11.2. The Morgan fingerprint density at radius 1 is 1.40 bits per heavy atom. The van der Waals surface area contributed by atoms with Crippen LogP contribution in [-0.2, 0) is 11.3 Å². The number of aliphatic carboxylic acids is 1. The molecule has 1 aromatic carbocycles. The Labute approximate surface area is 116 Å². The molecule has 0 radical (unpaired) electrons. The van der Waals surface area contributed by atoms with Crippen molar-refractivity contribution in [2.24, 2.45) is 0 Å². The minimum atomic E-state index is -0.993. The van der Waals surface area contributed by atoms with Crippen molar-refractivity contribution in [1.82, 2.24) is 15.5 Å². The van der Waals surface area contributed by atoms with Gasteiger partial charge in [0.05, 0.1) is 6.54 Å². The molecule has 1 aromatic heterocycles. The number of carboxylic acids is 1. The lowest BCUT2D eigenvalue weighted by molar-refractivity contribution is -0.144. The van der Waals surface area contributed by atoms with E-state index in [1.54, 1.807) is 6.92 Å². The highest BCUT2D eigenvalue weighted by Gasteiger charge is 2.30. The van der Waals surface area contributed by atoms with Crippen LogP contribution in [0.2, 0.25) is 0 Å². The largest absolute Gasteiger partial charge is 0.480 e. The number of rotatable bonds is 6. The zero-order valence-corrected chi connectivity index (χ0v) is 11.5. The van der Waals surface area contributed by atoms with Gasteiger partial charge in [0.15, 0.2) is 5.82 Å². The minimum Gasteiger partial charge on any atom is -0.480 e. The maximum absolute atomic E-state index is 11.2. The summed E-state index contributed by atoms with van der Waals surface area (Å²) in [5.41, 5.74) is -0.157. The molecule has 0 spiro atoms. The summed E-state index contributed by atoms with van der Waals surface area (Å²) in [6.07, 6.45) is 0.464. The molecule has 1 unspecified atom stereocenters. The van der Waals surface area contributed by atoms with Crippen LogP contribution in [0.1, 0.15) is 26.1 Å². The molecule has 1 heterocycles. The predicted molar refractivity (Wildman–Crippen MR) is 72.9 cm³/mol. The molecule has 6 heteroatoms. The van der Waals surface area contributed by atoms with Gasteiger partial charge in [0.1, 0.15) is 5.54 Å². The number of carboxylic acid groups (broad SMARTS) is 1. The Morgan fingerprint density at radius 2 is 2.10 bits per heavy atom. The Bertz CT molecular complexity index is 582. The van der Waals surface area contributed by atoms with Crippen molar-refractivity contribution < 1.29 is 14.4 Å². The zero-order chi connectivity index (χ0) is 14.6. The van der Waals surface area contributed by atoms with Crippen molar-refractivity contribution in [3.8, 4) is 11.5 Å². The Morgan fingerprint density at radius 3 is 2.70 bits per heavy atom. The summed E-state index contributed by atoms with van der Waals surface area (Å²) in [5, 5.41) is 16.0. The minimum absolute atomic E-state index is 0.243. The van der Waals surface area contributed by atoms with Gasteiger partial charge in [-0.05, 0) is 25.5 Å². The fraction of sp³-hybridized carbons (Fsp3) is 0.357. The Balaban J connectivity index is 2.06. The Hall–Kier alpha value is -2.21. The number of hydrogen-bond donors (Lipinski definition) is 2. The van der Waals surface area contributed by atoms with E-state index in [1.807, 2.05) is 37.3 Å². The van der Waals surface area contributed by atoms with Crippen LogP contribution in [0.3, 0.4) is 0 Å². The van der Waals surface area contributed by atoms with E-state index in [-0.39, 0.29) is 6.54 Å². The molecule has 106 valence electrons. The highest BCUT2D eigenvalue weighted by Crippen LogP contribution is 2.16. The van der Waals surface area contributed by atoms with Gasteiger partial charge in [0.25, 0.3) is 5.89 Å². The lowest BCUT2D eigenvalue weighted by Crippen LogP contribution is -2.48. The van der Waals surface area contributed by atoms with E-state index in [4.69, 9.17) is 9.63 Å². The van der Waals surface area contributed by atoms with E-state index in [0.717, 1.165) is 5.56 Å². The van der Waals surface area contributed by atoms with Gasteiger partial charge in [-0.3, -0.25) is 10.1 Å². The van der Waals surface area contributed by atoms with Gasteiger partial charge in [-0.25, -0.2) is 0 Å². The molecular weight excluding hydrogens is 258 g/mol. The van der Waals surface area contributed by atoms with E-state index in [0.29, 0.717) is 18.1 Å². The molecule has 6 nitrogen and oxygen atoms in total. The number of hydrogen-bond acceptors (Lipinski definition) is 5. The van der Waals surface area contributed by atoms with Crippen molar-refractivity contribution >= 4 is 5.97 Å². The molecule has 20 heavy (non-hydrogen) atoms. The van der Waals surface area contributed by atoms with E-state index in [9.17, 15) is 4.79 Å². The number of carbonyl (C=O) groups is 1. The standard InChI is InChI=1S/C14H17N3O3/c1-3-14(2,13(18)19)15-9-11-16-12(20-17-11)10-7-5-4-6-8-10/h4-8,15H,3,9H2,1-2H3,(H,18,19). The van der Waals surface area contributed by atoms with E-state index in [1.165, 1.54) is 0 Å². The number of benzene rings is 1. The molecule has 2 rings (SSSR count). The first-order valence-corrected chi connectivity index (χ1v) is 6.41. The van der Waals surface area contributed by atoms with Crippen LogP contribution in [-0.4, -0.2) is 26.8 Å². The van der Waals surface area contributed by atoms with Gasteiger partial charge in [-0.1, -0.05) is 30.3 Å². The second-order valence-electron chi connectivity index (χ2n) is 4.73. The SMILES string of the molecule is CCC(C)(NCc1noc(-c2ccccc2)n1)C(=O)O. The fourth-order valence-corrected chi connectivity index (χ4v) is 1.65. The van der Waals surface area contributed by atoms with Crippen LogP contribution in [0.4, 0.5) is 0 Å². The Kier molecular flexibility index (Phi) is 4.14. The third-order valence-corrected chi connectivity index (χ3v) is 3.30. The number of nitrogens with zero attached hydrogens (tertiary/aromatic N) is 2. The molecule has 0 aliphatic carbocycles. The average molecular weight is 275 g/mol. The molecule has 0 bridgehead atoms. The van der Waals surface area contributed by atoms with Crippen molar-refractivity contribution in [3.05, 3.63) is 36.2 Å². The molecule has 0 aliphatic heterocycles. The summed E-state index contributed by atoms with van der Waals surface area (Å²) in [4.78, 5) is 15.4. The first-order valence-electron chi connectivity index (χ1n) is 6.41. The molecule has 0 saturated heterocycles. The van der Waals surface area contributed by atoms with Gasteiger partial charge in [-0.2, -0.15) is 4.98 Å². The molecule has 0 aliphatic rings. The second kappa shape index (κ2) is 5.83. The summed E-state index contributed by atoms with van der Waals surface area (Å²) in [6.45, 7) is 3.69. The monoisotopic (exact) mass is 275 g/mol. The van der Waals surface area contributed by atoms with Gasteiger partial charge in [0.2, 0.25) is 0 Å². The molecule has 2 N–H and O–H groups in total. The van der Waals surface area contributed by atoms with Crippen LogP contribution in [0.5, 0.6) is 0 Å². The fourth-order valence-electron chi connectivity index (χ4n) is 1.65. The zero-order valence-electron chi connectivity index (χ0n) is 11.5. The van der Waals surface area contributed by atoms with E-state index < -0.39 is 11.5 Å². The van der Waals surface area contributed by atoms with Crippen LogP contribution in [0.25, 0.3) is 11.5 Å². The van der Waals surface area contributed by atoms with Crippen LogP contribution < -0.4 is 5.32 Å². The third kappa shape index (κ3) is 3.03. The van der Waals surface area contributed by atoms with Crippen molar-refractivity contribution in [1.29, 1.82) is 0 Å². The summed E-state index contributed by atoms with van der Waals surface area (Å²) in [5.74, 6) is -0.0347. The summed E-state index contributed by atoms with van der Waals surface area (Å²) in [7, 11) is 0. The van der Waals surface area contributed by atoms with Gasteiger partial charge < -0.3 is 9.63 Å². The quantitative estimate of drug-likeness (QED) is 0.839. The third-order valence-electron chi connectivity index (χ3n) is 3.30. The highest BCUT2D eigenvalue weighted by molar-refractivity contribution is 5.78. The molecule has 1 atom stereocenters. The predicted octanol–water partition coefficient (Wildman–Crippen LogP) is 2.08. The number of aromatic nitrogens is 2. The number of nitrogens with one attached hydrogen (secondary N) is 1. The van der Waals surface area contributed by atoms with Crippen LogP contribution in [0, 0.1) is 0 Å². The summed E-state index contributed by atoms with van der Waals surface area (Å²) in [6, 6.07) is 9.42. The lowest BCUT2D eigenvalue weighted by Gasteiger charge is -2.23. The summed E-state index contributed by atoms with van der Waals surface area (Å²) >= 11 is 0. The molecular formula is C14H17N3O3. The van der Waals surface area contributed by atoms with Gasteiger partial charge in [-0.15, -0.1) is 0 Å². The van der Waals surface area contributed by atoms with Crippen LogP contribution in [0.15, 0.2) is 34.9 Å². The molecule has 0 fully saturated rings. The molecule has 0 amide bonds.